The molecule has 0 heterocycles. The molecule has 0 fully saturated rings. The van der Waals surface area contributed by atoms with Crippen LogP contribution in [0.2, 0.25) is 0 Å². The van der Waals surface area contributed by atoms with Crippen molar-refractivity contribution in [1.82, 2.24) is 0 Å². The Bertz CT molecular complexity index is 907. The molecule has 149 valence electrons. The van der Waals surface area contributed by atoms with Crippen molar-refractivity contribution in [2.24, 2.45) is 4.30 Å². The van der Waals surface area contributed by atoms with Crippen LogP contribution in [0.1, 0.15) is 33.4 Å². The Kier molecular flexibility index (Phi) is 10.8. The fraction of sp³-hybridized carbons (Fsp3) is 0.333. The Morgan fingerprint density at radius 2 is 1.21 bits per heavy atom. The van der Waals surface area contributed by atoms with Crippen molar-refractivity contribution in [2.45, 2.75) is 41.5 Å². The molecule has 0 unspecified atom stereocenters. The van der Waals surface area contributed by atoms with E-state index >= 15 is 0 Å². The third-order valence-corrected chi connectivity index (χ3v) is 5.38. The summed E-state index contributed by atoms with van der Waals surface area (Å²) in [6.45, 7) is 11.1. The first-order chi connectivity index (χ1) is 12.9. The third-order valence-electron chi connectivity index (χ3n) is 4.19. The molecule has 0 atom stereocenters. The van der Waals surface area contributed by atoms with Gasteiger partial charge in [0.05, 0.1) is 9.85 Å². The molecule has 2 aromatic carbocycles. The van der Waals surface area contributed by atoms with Crippen LogP contribution in [-0.2, 0) is 0 Å². The van der Waals surface area contributed by atoms with Crippen LogP contribution in [0.15, 0.2) is 27.0 Å². The van der Waals surface area contributed by atoms with Crippen molar-refractivity contribution in [3.8, 4) is 0 Å². The Hall–Kier alpha value is -2.07. The van der Waals surface area contributed by atoms with Crippen LogP contribution in [0, 0.1) is 61.8 Å². The maximum absolute atomic E-state index is 10.6. The van der Waals surface area contributed by atoms with Gasteiger partial charge in [0.25, 0.3) is 11.4 Å². The first-order valence-corrected chi connectivity index (χ1v) is 9.25. The fourth-order valence-electron chi connectivity index (χ4n) is 2.32. The number of aryl methyl sites for hydroxylation is 4. The van der Waals surface area contributed by atoms with Gasteiger partial charge in [-0.1, -0.05) is 0 Å². The van der Waals surface area contributed by atoms with Crippen molar-refractivity contribution in [3.63, 3.8) is 0 Å². The average molecular weight is 467 g/mol. The van der Waals surface area contributed by atoms with E-state index in [-0.39, 0.29) is 21.2 Å². The number of benzene rings is 2. The Morgan fingerprint density at radius 3 is 1.64 bits per heavy atom. The predicted octanol–water partition coefficient (Wildman–Crippen LogP) is 5.99. The molecule has 7 nitrogen and oxygen atoms in total. The van der Waals surface area contributed by atoms with E-state index in [1.807, 2.05) is 33.8 Å². The summed E-state index contributed by atoms with van der Waals surface area (Å²) >= 11 is 6.54. The molecule has 1 radical (unpaired) electrons. The molecule has 0 saturated carbocycles. The topological polar surface area (TPSA) is 98.6 Å². The van der Waals surface area contributed by atoms with E-state index in [1.165, 1.54) is 0 Å². The van der Waals surface area contributed by atoms with Crippen LogP contribution in [0.4, 0.5) is 11.4 Å². The van der Waals surface area contributed by atoms with Crippen molar-refractivity contribution >= 4 is 47.8 Å². The van der Waals surface area contributed by atoms with Crippen molar-refractivity contribution in [1.29, 1.82) is 0 Å². The van der Waals surface area contributed by atoms with Gasteiger partial charge in [-0.3, -0.25) is 20.2 Å². The summed E-state index contributed by atoms with van der Waals surface area (Å²) in [5.41, 5.74) is 5.85. The Morgan fingerprint density at radius 1 is 0.821 bits per heavy atom. The number of thiol groups is 1. The Labute approximate surface area is 179 Å². The van der Waals surface area contributed by atoms with Crippen LogP contribution in [0.3, 0.4) is 0 Å². The number of nitrogens with zero attached hydrogens (tertiary/aromatic N) is 3. The van der Waals surface area contributed by atoms with Gasteiger partial charge in [0.15, 0.2) is 0 Å². The number of nitro groups is 2. The van der Waals surface area contributed by atoms with Gasteiger partial charge >= 0.3 is 24.8 Å². The molecule has 0 aliphatic heterocycles. The summed E-state index contributed by atoms with van der Waals surface area (Å²) in [7, 11) is 4.34. The molecule has 0 N–H and O–H groups in total. The molecule has 10 heteroatoms. The number of rotatable bonds is 2. The van der Waals surface area contributed by atoms with Gasteiger partial charge in [-0.2, -0.15) is 0 Å². The molecule has 0 aliphatic rings. The van der Waals surface area contributed by atoms with E-state index in [0.29, 0.717) is 5.56 Å². The number of nitro benzene ring substituents is 2. The maximum atomic E-state index is 10.6. The number of hydrogen-bond acceptors (Lipinski definition) is 6. The van der Waals surface area contributed by atoms with Gasteiger partial charge < -0.3 is 0 Å². The third kappa shape index (κ3) is 7.16. The zero-order valence-corrected chi connectivity index (χ0v) is 19.1. The van der Waals surface area contributed by atoms with Crippen molar-refractivity contribution in [3.05, 3.63) is 76.3 Å². The molecule has 2 aromatic rings. The van der Waals surface area contributed by atoms with Crippen LogP contribution < -0.4 is 0 Å². The summed E-state index contributed by atoms with van der Waals surface area (Å²) in [5.74, 6) is 0. The second-order valence-electron chi connectivity index (χ2n) is 6.13. The molecule has 0 amide bonds. The summed E-state index contributed by atoms with van der Waals surface area (Å²) < 4.78 is 3.53. The molecule has 2 rings (SSSR count). The molecular weight excluding hydrogens is 445 g/mol. The van der Waals surface area contributed by atoms with Gasteiger partial charge in [-0.05, 0) is 85.8 Å². The summed E-state index contributed by atoms with van der Waals surface area (Å²) in [4.78, 5) is 20.4. The predicted molar refractivity (Wildman–Crippen MR) is 119 cm³/mol. The molecule has 0 aromatic heterocycles. The molecular formula is C18H22BBrN3O4S. The monoisotopic (exact) mass is 466 g/mol. The minimum absolute atomic E-state index is 0.176. The average Bonchev–Trinajstić information content (AvgIpc) is 2.60. The van der Waals surface area contributed by atoms with Gasteiger partial charge in [-0.25, -0.2) is 0 Å². The van der Waals surface area contributed by atoms with Gasteiger partial charge in [0.1, 0.15) is 0 Å². The zero-order valence-electron chi connectivity index (χ0n) is 16.6. The van der Waals surface area contributed by atoms with Crippen LogP contribution >= 0.6 is 28.7 Å². The van der Waals surface area contributed by atoms with Gasteiger partial charge in [-0.15, -0.1) is 0 Å². The molecule has 0 aliphatic carbocycles. The van der Waals surface area contributed by atoms with E-state index < -0.39 is 0 Å². The standard InChI is InChI=1S/C9H10BrNO2.C9H11NO2.BHNS/c1-5-4-8(11(12)13)7(3)9(10)6(5)2;1-6-4-8(3)9(10(11)12)5-7(6)2;1-2-3/h4H,1-3H3;4-5H,1-3H3;3H. The van der Waals surface area contributed by atoms with Gasteiger partial charge in [0.2, 0.25) is 0 Å². The first-order valence-electron chi connectivity index (χ1n) is 8.06. The Balaban J connectivity index is 0.000000458. The quantitative estimate of drug-likeness (QED) is 0.254. The van der Waals surface area contributed by atoms with Crippen LogP contribution in [0.5, 0.6) is 0 Å². The van der Waals surface area contributed by atoms with Crippen LogP contribution in [-0.4, -0.2) is 17.5 Å². The normalized spacial score (nSPS) is 9.39. The summed E-state index contributed by atoms with van der Waals surface area (Å²) in [6.07, 6.45) is 0. The van der Waals surface area contributed by atoms with E-state index in [2.05, 4.69) is 40.7 Å². The molecule has 0 bridgehead atoms. The minimum atomic E-state index is -0.355. The van der Waals surface area contributed by atoms with E-state index in [4.69, 9.17) is 0 Å². The second-order valence-corrected chi connectivity index (χ2v) is 7.15. The van der Waals surface area contributed by atoms with E-state index in [9.17, 15) is 20.2 Å². The van der Waals surface area contributed by atoms with Gasteiger partial charge in [0, 0.05) is 27.7 Å². The van der Waals surface area contributed by atoms with E-state index in [1.54, 1.807) is 26.0 Å². The van der Waals surface area contributed by atoms with Crippen LogP contribution in [0.25, 0.3) is 0 Å². The van der Waals surface area contributed by atoms with E-state index in [0.717, 1.165) is 32.3 Å². The summed E-state index contributed by atoms with van der Waals surface area (Å²) in [5, 5.41) is 21.1. The number of hydrogen-bond donors (Lipinski definition) is 1. The zero-order chi connectivity index (χ0) is 22.2. The molecule has 28 heavy (non-hydrogen) atoms. The van der Waals surface area contributed by atoms with Crippen molar-refractivity contribution < 1.29 is 9.85 Å². The number of halogens is 1. The summed E-state index contributed by atoms with van der Waals surface area (Å²) in [6, 6.07) is 5.06. The van der Waals surface area contributed by atoms with Crippen molar-refractivity contribution in [2.75, 3.05) is 0 Å². The first kappa shape index (κ1) is 25.9. The molecule has 0 spiro atoms. The SMILES string of the molecule is Cc1cc(C)c([N+](=O)[O-])cc1C.Cc1cc([N+](=O)[O-])c(C)c(Br)c1C.[B]=NS. The second kappa shape index (κ2) is 11.7. The fourth-order valence-corrected chi connectivity index (χ4v) is 2.84. The molecule has 0 saturated heterocycles.